The quantitative estimate of drug-likeness (QED) is 0.627. The highest BCUT2D eigenvalue weighted by Crippen LogP contribution is 2.22. The predicted molar refractivity (Wildman–Crippen MR) is 88.2 cm³/mol. The second-order valence-electron chi connectivity index (χ2n) is 5.41. The third-order valence-corrected chi connectivity index (χ3v) is 3.90. The van der Waals surface area contributed by atoms with Crippen LogP contribution in [-0.2, 0) is 4.84 Å². The van der Waals surface area contributed by atoms with Crippen LogP contribution in [0.4, 0.5) is 0 Å². The standard InChI is InChI=1S/C17H18N2O3.ClH/c20-16-14-8-2-3-9-15(14)17(21)19(16)22-13-7-6-12-18-10-4-1-5-11-18;/h2-3,8-9H,1,4-5,10-13H2;1H. The largest absolute Gasteiger partial charge is 0.292 e. The van der Waals surface area contributed by atoms with Crippen molar-refractivity contribution in [2.45, 2.75) is 19.3 Å². The molecule has 0 aromatic heterocycles. The molecule has 5 nitrogen and oxygen atoms in total. The first-order valence-electron chi connectivity index (χ1n) is 7.56. The molecule has 0 radical (unpaired) electrons. The van der Waals surface area contributed by atoms with Crippen LogP contribution in [0.25, 0.3) is 0 Å². The Balaban J connectivity index is 0.00000192. The van der Waals surface area contributed by atoms with E-state index >= 15 is 0 Å². The van der Waals surface area contributed by atoms with E-state index in [1.54, 1.807) is 24.3 Å². The van der Waals surface area contributed by atoms with Crippen molar-refractivity contribution in [2.75, 3.05) is 26.2 Å². The fourth-order valence-electron chi connectivity index (χ4n) is 2.72. The van der Waals surface area contributed by atoms with Gasteiger partial charge in [-0.15, -0.1) is 17.5 Å². The van der Waals surface area contributed by atoms with Crippen LogP contribution in [0.2, 0.25) is 0 Å². The number of halogens is 1. The van der Waals surface area contributed by atoms with E-state index in [2.05, 4.69) is 16.7 Å². The molecule has 0 saturated carbocycles. The molecule has 1 aromatic rings. The van der Waals surface area contributed by atoms with E-state index in [0.29, 0.717) is 17.7 Å². The Morgan fingerprint density at radius 3 is 2.17 bits per heavy atom. The van der Waals surface area contributed by atoms with Crippen LogP contribution in [0.15, 0.2) is 24.3 Å². The zero-order valence-electron chi connectivity index (χ0n) is 12.8. The van der Waals surface area contributed by atoms with Crippen LogP contribution < -0.4 is 0 Å². The Morgan fingerprint density at radius 2 is 1.57 bits per heavy atom. The highest BCUT2D eigenvalue weighted by atomic mass is 35.5. The summed E-state index contributed by atoms with van der Waals surface area (Å²) in [4.78, 5) is 31.6. The first kappa shape index (κ1) is 17.5. The maximum absolute atomic E-state index is 12.0. The molecule has 0 N–H and O–H groups in total. The number of carbonyl (C=O) groups is 2. The number of carbonyl (C=O) groups excluding carboxylic acids is 2. The molecule has 2 heterocycles. The summed E-state index contributed by atoms with van der Waals surface area (Å²) < 4.78 is 0. The summed E-state index contributed by atoms with van der Waals surface area (Å²) in [5.74, 6) is 5.06. The van der Waals surface area contributed by atoms with Crippen LogP contribution in [0.3, 0.4) is 0 Å². The molecule has 2 aliphatic heterocycles. The number of nitrogens with zero attached hydrogens (tertiary/aromatic N) is 2. The normalized spacial score (nSPS) is 17.3. The molecule has 1 saturated heterocycles. The second-order valence-corrected chi connectivity index (χ2v) is 5.41. The van der Waals surface area contributed by atoms with Crippen molar-refractivity contribution in [3.8, 4) is 11.8 Å². The van der Waals surface area contributed by atoms with Gasteiger partial charge >= 0.3 is 0 Å². The van der Waals surface area contributed by atoms with Gasteiger partial charge in [0, 0.05) is 0 Å². The topological polar surface area (TPSA) is 49.9 Å². The van der Waals surface area contributed by atoms with Gasteiger partial charge in [0.1, 0.15) is 6.61 Å². The highest BCUT2D eigenvalue weighted by Gasteiger charge is 2.36. The van der Waals surface area contributed by atoms with Crippen LogP contribution in [0.1, 0.15) is 40.0 Å². The summed E-state index contributed by atoms with van der Waals surface area (Å²) in [7, 11) is 0. The Morgan fingerprint density at radius 1 is 0.957 bits per heavy atom. The van der Waals surface area contributed by atoms with Crippen molar-refractivity contribution in [1.29, 1.82) is 0 Å². The number of benzene rings is 1. The Kier molecular flexibility index (Phi) is 6.17. The van der Waals surface area contributed by atoms with E-state index in [4.69, 9.17) is 4.84 Å². The number of hydrogen-bond donors (Lipinski definition) is 0. The lowest BCUT2D eigenvalue weighted by Crippen LogP contribution is -2.30. The predicted octanol–water partition coefficient (Wildman–Crippen LogP) is 2.13. The molecule has 1 aromatic carbocycles. The number of fused-ring (bicyclic) bond motifs is 1. The van der Waals surface area contributed by atoms with Crippen molar-refractivity contribution in [3.63, 3.8) is 0 Å². The summed E-state index contributed by atoms with van der Waals surface area (Å²) in [6.07, 6.45) is 3.76. The molecule has 2 amide bonds. The summed E-state index contributed by atoms with van der Waals surface area (Å²) in [5.41, 5.74) is 0.766. The van der Waals surface area contributed by atoms with Gasteiger partial charge in [0.25, 0.3) is 11.8 Å². The summed E-state index contributed by atoms with van der Waals surface area (Å²) in [5, 5.41) is 0.806. The fraction of sp³-hybridized carbons (Fsp3) is 0.412. The molecule has 0 spiro atoms. The van der Waals surface area contributed by atoms with Crippen molar-refractivity contribution in [3.05, 3.63) is 35.4 Å². The Bertz CT molecular complexity index is 610. The maximum Gasteiger partial charge on any atom is 0.285 e. The number of hydrogen-bond acceptors (Lipinski definition) is 4. The number of likely N-dealkylation sites (tertiary alicyclic amines) is 1. The lowest BCUT2D eigenvalue weighted by molar-refractivity contribution is -0.0782. The van der Waals surface area contributed by atoms with Gasteiger partial charge in [-0.25, -0.2) is 4.84 Å². The minimum absolute atomic E-state index is 0. The van der Waals surface area contributed by atoms with Gasteiger partial charge in [-0.1, -0.05) is 30.4 Å². The minimum Gasteiger partial charge on any atom is -0.292 e. The Labute approximate surface area is 141 Å². The molecular formula is C17H19ClN2O3. The minimum atomic E-state index is -0.418. The second kappa shape index (κ2) is 8.11. The maximum atomic E-state index is 12.0. The first-order chi connectivity index (χ1) is 10.8. The molecule has 0 atom stereocenters. The molecule has 23 heavy (non-hydrogen) atoms. The first-order valence-corrected chi connectivity index (χ1v) is 7.56. The number of piperidine rings is 1. The highest BCUT2D eigenvalue weighted by molar-refractivity contribution is 6.20. The number of imide groups is 1. The molecule has 3 rings (SSSR count). The summed E-state index contributed by atoms with van der Waals surface area (Å²) >= 11 is 0. The average Bonchev–Trinajstić information content (AvgIpc) is 2.81. The monoisotopic (exact) mass is 334 g/mol. The van der Waals surface area contributed by atoms with Crippen molar-refractivity contribution < 1.29 is 14.4 Å². The Hall–Kier alpha value is -1.87. The van der Waals surface area contributed by atoms with Crippen molar-refractivity contribution in [1.82, 2.24) is 9.96 Å². The van der Waals surface area contributed by atoms with Gasteiger partial charge in [0.2, 0.25) is 0 Å². The zero-order chi connectivity index (χ0) is 15.4. The van der Waals surface area contributed by atoms with Gasteiger partial charge < -0.3 is 0 Å². The molecule has 122 valence electrons. The van der Waals surface area contributed by atoms with E-state index in [1.165, 1.54) is 19.3 Å². The van der Waals surface area contributed by atoms with Gasteiger partial charge in [-0.2, -0.15) is 0 Å². The molecule has 2 aliphatic rings. The van der Waals surface area contributed by atoms with Crippen molar-refractivity contribution >= 4 is 24.2 Å². The molecule has 1 fully saturated rings. The van der Waals surface area contributed by atoms with E-state index in [-0.39, 0.29) is 19.0 Å². The van der Waals surface area contributed by atoms with Crippen LogP contribution in [0.5, 0.6) is 0 Å². The lowest BCUT2D eigenvalue weighted by atomic mass is 10.1. The van der Waals surface area contributed by atoms with Gasteiger partial charge in [-0.05, 0) is 38.1 Å². The van der Waals surface area contributed by atoms with E-state index in [1.807, 2.05) is 0 Å². The lowest BCUT2D eigenvalue weighted by Gasteiger charge is -2.23. The van der Waals surface area contributed by atoms with Crippen LogP contribution in [0, 0.1) is 11.8 Å². The molecule has 0 bridgehead atoms. The van der Waals surface area contributed by atoms with Gasteiger partial charge in [-0.3, -0.25) is 14.5 Å². The SMILES string of the molecule is Cl.O=C1c2ccccc2C(=O)N1OCC#CCN1CCCCC1. The number of hydroxylamine groups is 2. The third kappa shape index (κ3) is 3.91. The van der Waals surface area contributed by atoms with E-state index in [0.717, 1.165) is 18.2 Å². The molecule has 0 aliphatic carbocycles. The van der Waals surface area contributed by atoms with Crippen LogP contribution in [-0.4, -0.2) is 48.0 Å². The van der Waals surface area contributed by atoms with Gasteiger partial charge in [0.05, 0.1) is 17.7 Å². The van der Waals surface area contributed by atoms with Gasteiger partial charge in [0.15, 0.2) is 0 Å². The van der Waals surface area contributed by atoms with Crippen molar-refractivity contribution in [2.24, 2.45) is 0 Å². The number of amides is 2. The fourth-order valence-corrected chi connectivity index (χ4v) is 2.72. The number of rotatable bonds is 3. The van der Waals surface area contributed by atoms with E-state index in [9.17, 15) is 9.59 Å². The summed E-state index contributed by atoms with van der Waals surface area (Å²) in [6, 6.07) is 6.71. The third-order valence-electron chi connectivity index (χ3n) is 3.90. The van der Waals surface area contributed by atoms with E-state index < -0.39 is 11.8 Å². The zero-order valence-corrected chi connectivity index (χ0v) is 13.6. The van der Waals surface area contributed by atoms with Crippen LogP contribution >= 0.6 is 12.4 Å². The summed E-state index contributed by atoms with van der Waals surface area (Å²) in [6.45, 7) is 2.94. The molecule has 0 unspecified atom stereocenters. The molecular weight excluding hydrogens is 316 g/mol. The average molecular weight is 335 g/mol. The molecule has 6 heteroatoms. The smallest absolute Gasteiger partial charge is 0.285 e.